The van der Waals surface area contributed by atoms with Crippen molar-refractivity contribution in [3.63, 3.8) is 0 Å². The molecule has 0 saturated heterocycles. The van der Waals surface area contributed by atoms with Gasteiger partial charge in [0, 0.05) is 10.6 Å². The Morgan fingerprint density at radius 3 is 2.23 bits per heavy atom. The molecule has 0 aliphatic rings. The van der Waals surface area contributed by atoms with Crippen LogP contribution in [0.2, 0.25) is 5.02 Å². The van der Waals surface area contributed by atoms with E-state index in [4.69, 9.17) is 16.3 Å². The van der Waals surface area contributed by atoms with Gasteiger partial charge in [-0.2, -0.15) is 0 Å². The molecule has 0 aliphatic carbocycles. The molecular weight excluding hydrogens is 532 g/mol. The highest BCUT2D eigenvalue weighted by molar-refractivity contribution is 7.92. The number of benzene rings is 4. The maximum absolute atomic E-state index is 13.7. The van der Waals surface area contributed by atoms with Crippen molar-refractivity contribution in [2.45, 2.75) is 37.8 Å². The first-order chi connectivity index (χ1) is 18.7. The van der Waals surface area contributed by atoms with E-state index in [1.165, 1.54) is 4.31 Å². The molecule has 0 bridgehead atoms. The van der Waals surface area contributed by atoms with Gasteiger partial charge in [-0.3, -0.25) is 9.10 Å². The lowest BCUT2D eigenvalue weighted by Gasteiger charge is -2.26. The van der Waals surface area contributed by atoms with Crippen molar-refractivity contribution in [1.29, 1.82) is 0 Å². The molecule has 0 unspecified atom stereocenters. The molecule has 6 nitrogen and oxygen atoms in total. The van der Waals surface area contributed by atoms with Gasteiger partial charge in [0.05, 0.1) is 30.3 Å². The molecule has 0 spiro atoms. The third kappa shape index (κ3) is 6.61. The topological polar surface area (TPSA) is 75.7 Å². The lowest BCUT2D eigenvalue weighted by Crippen LogP contribution is -2.31. The van der Waals surface area contributed by atoms with E-state index in [0.29, 0.717) is 16.3 Å². The molecule has 0 aromatic heterocycles. The van der Waals surface area contributed by atoms with Gasteiger partial charge >= 0.3 is 0 Å². The van der Waals surface area contributed by atoms with Crippen molar-refractivity contribution in [2.75, 3.05) is 11.4 Å². The fraction of sp³-hybridized carbons (Fsp3) is 0.194. The van der Waals surface area contributed by atoms with Crippen molar-refractivity contribution in [2.24, 2.45) is 0 Å². The second kappa shape index (κ2) is 12.4. The number of carbonyl (C=O) groups is 1. The average Bonchev–Trinajstić information content (AvgIpc) is 2.96. The number of rotatable bonds is 10. The van der Waals surface area contributed by atoms with Crippen LogP contribution in [0.25, 0.3) is 0 Å². The second-order valence-electron chi connectivity index (χ2n) is 9.16. The Morgan fingerprint density at radius 1 is 0.949 bits per heavy atom. The molecule has 1 N–H and O–H groups in total. The molecule has 0 radical (unpaired) electrons. The van der Waals surface area contributed by atoms with Crippen molar-refractivity contribution in [3.8, 4) is 5.75 Å². The summed E-state index contributed by atoms with van der Waals surface area (Å²) in [7, 11) is -2.27. The number of anilines is 1. The maximum atomic E-state index is 13.7. The molecule has 39 heavy (non-hydrogen) atoms. The third-order valence-corrected chi connectivity index (χ3v) is 8.55. The number of hydrogen-bond acceptors (Lipinski definition) is 4. The van der Waals surface area contributed by atoms with Crippen LogP contribution in [0, 0.1) is 6.92 Å². The largest absolute Gasteiger partial charge is 0.497 e. The highest BCUT2D eigenvalue weighted by Gasteiger charge is 2.26. The Morgan fingerprint density at radius 2 is 1.62 bits per heavy atom. The zero-order valence-electron chi connectivity index (χ0n) is 22.1. The third-order valence-electron chi connectivity index (χ3n) is 6.55. The number of amides is 1. The normalized spacial score (nSPS) is 12.0. The fourth-order valence-corrected chi connectivity index (χ4v) is 5.99. The minimum absolute atomic E-state index is 0.0732. The minimum atomic E-state index is -3.89. The number of carbonyl (C=O) groups excluding carboxylic acids is 1. The number of aryl methyl sites for hydroxylation is 1. The van der Waals surface area contributed by atoms with Crippen LogP contribution in [0.1, 0.15) is 46.4 Å². The Bertz CT molecular complexity index is 1520. The molecule has 0 heterocycles. The zero-order valence-corrected chi connectivity index (χ0v) is 23.7. The summed E-state index contributed by atoms with van der Waals surface area (Å²) in [6, 6.07) is 27.9. The summed E-state index contributed by atoms with van der Waals surface area (Å²) in [4.78, 5) is 13.2. The van der Waals surface area contributed by atoms with E-state index in [9.17, 15) is 13.2 Å². The Kier molecular flexibility index (Phi) is 8.94. The van der Waals surface area contributed by atoms with Crippen LogP contribution in [-0.4, -0.2) is 21.4 Å². The van der Waals surface area contributed by atoms with Crippen molar-refractivity contribution in [3.05, 3.63) is 124 Å². The van der Waals surface area contributed by atoms with Gasteiger partial charge in [0.15, 0.2) is 0 Å². The monoisotopic (exact) mass is 562 g/mol. The summed E-state index contributed by atoms with van der Waals surface area (Å²) < 4.78 is 34.0. The molecule has 1 amide bonds. The van der Waals surface area contributed by atoms with Crippen LogP contribution in [0.15, 0.2) is 102 Å². The van der Waals surface area contributed by atoms with Crippen LogP contribution < -0.4 is 14.4 Å². The predicted molar refractivity (Wildman–Crippen MR) is 156 cm³/mol. The van der Waals surface area contributed by atoms with E-state index in [2.05, 4.69) is 5.32 Å². The first kappa shape index (κ1) is 28.2. The van der Waals surface area contributed by atoms with Gasteiger partial charge in [0.25, 0.3) is 15.9 Å². The highest BCUT2D eigenvalue weighted by atomic mass is 35.5. The summed E-state index contributed by atoms with van der Waals surface area (Å²) in [6.07, 6.45) is 0.724. The molecule has 202 valence electrons. The van der Waals surface area contributed by atoms with Crippen LogP contribution in [0.3, 0.4) is 0 Å². The predicted octanol–water partition coefficient (Wildman–Crippen LogP) is 6.93. The summed E-state index contributed by atoms with van der Waals surface area (Å²) in [6.45, 7) is 3.93. The Balaban J connectivity index is 1.57. The van der Waals surface area contributed by atoms with Gasteiger partial charge in [0.1, 0.15) is 5.75 Å². The smallest absolute Gasteiger partial charge is 0.264 e. The van der Waals surface area contributed by atoms with Gasteiger partial charge in [-0.1, -0.05) is 67.1 Å². The van der Waals surface area contributed by atoms with Gasteiger partial charge in [0.2, 0.25) is 0 Å². The molecule has 4 aromatic carbocycles. The molecule has 4 aromatic rings. The average molecular weight is 563 g/mol. The standard InChI is InChI=1S/C31H31ClN2O4S/c1-4-29(24-15-18-27(38-3)19-16-24)33-31(35)25-13-11-23(12-14-25)21-34(30-20-26(32)17-10-22(30)2)39(36,37)28-8-6-5-7-9-28/h5-20,29H,4,21H2,1-3H3,(H,33,35)/t29-/m1/s1. The van der Waals surface area contributed by atoms with Gasteiger partial charge in [-0.15, -0.1) is 0 Å². The van der Waals surface area contributed by atoms with E-state index >= 15 is 0 Å². The summed E-state index contributed by atoms with van der Waals surface area (Å²) >= 11 is 6.26. The first-order valence-corrected chi connectivity index (χ1v) is 14.4. The number of hydrogen-bond donors (Lipinski definition) is 1. The summed E-state index contributed by atoms with van der Waals surface area (Å²) in [5.41, 5.74) is 3.48. The van der Waals surface area contributed by atoms with Crippen molar-refractivity contribution in [1.82, 2.24) is 5.32 Å². The molecule has 1 atom stereocenters. The molecule has 0 saturated carbocycles. The lowest BCUT2D eigenvalue weighted by molar-refractivity contribution is 0.0935. The van der Waals surface area contributed by atoms with Gasteiger partial charge in [-0.25, -0.2) is 8.42 Å². The van der Waals surface area contributed by atoms with Crippen LogP contribution in [0.4, 0.5) is 5.69 Å². The van der Waals surface area contributed by atoms with E-state index in [-0.39, 0.29) is 23.4 Å². The molecule has 0 aliphatic heterocycles. The van der Waals surface area contributed by atoms with Crippen LogP contribution in [0.5, 0.6) is 5.75 Å². The number of nitrogens with one attached hydrogen (secondary N) is 1. The molecule has 4 rings (SSSR count). The van der Waals surface area contributed by atoms with Gasteiger partial charge in [-0.05, 0) is 78.6 Å². The SMILES string of the molecule is CC[C@@H](NC(=O)c1ccc(CN(c2cc(Cl)ccc2C)S(=O)(=O)c2ccccc2)cc1)c1ccc(OC)cc1. The molecule has 0 fully saturated rings. The van der Waals surface area contributed by atoms with Gasteiger partial charge < -0.3 is 10.1 Å². The van der Waals surface area contributed by atoms with Crippen LogP contribution >= 0.6 is 11.6 Å². The maximum Gasteiger partial charge on any atom is 0.264 e. The van der Waals surface area contributed by atoms with Crippen molar-refractivity contribution >= 4 is 33.2 Å². The van der Waals surface area contributed by atoms with E-state index in [1.54, 1.807) is 79.9 Å². The number of methoxy groups -OCH3 is 1. The zero-order chi connectivity index (χ0) is 28.0. The quantitative estimate of drug-likeness (QED) is 0.227. The number of ether oxygens (including phenoxy) is 1. The number of nitrogens with zero attached hydrogens (tertiary/aromatic N) is 1. The van der Waals surface area contributed by atoms with E-state index in [0.717, 1.165) is 28.9 Å². The second-order valence-corrected chi connectivity index (χ2v) is 11.5. The highest BCUT2D eigenvalue weighted by Crippen LogP contribution is 2.31. The summed E-state index contributed by atoms with van der Waals surface area (Å²) in [5, 5.41) is 3.52. The van der Waals surface area contributed by atoms with E-state index in [1.807, 2.05) is 38.1 Å². The first-order valence-electron chi connectivity index (χ1n) is 12.6. The summed E-state index contributed by atoms with van der Waals surface area (Å²) in [5.74, 6) is 0.551. The van der Waals surface area contributed by atoms with E-state index < -0.39 is 10.0 Å². The Labute approximate surface area is 235 Å². The van der Waals surface area contributed by atoms with Crippen LogP contribution in [-0.2, 0) is 16.6 Å². The number of halogens is 1. The Hall–Kier alpha value is -3.81. The van der Waals surface area contributed by atoms with Crippen molar-refractivity contribution < 1.29 is 17.9 Å². The lowest BCUT2D eigenvalue weighted by atomic mass is 10.0. The molecular formula is C31H31ClN2O4S. The minimum Gasteiger partial charge on any atom is -0.497 e. The molecule has 8 heteroatoms. The number of sulfonamides is 1. The fourth-order valence-electron chi connectivity index (χ4n) is 4.30.